The predicted octanol–water partition coefficient (Wildman–Crippen LogP) is 1.54. The van der Waals surface area contributed by atoms with Crippen LogP contribution in [0.15, 0.2) is 0 Å². The summed E-state index contributed by atoms with van der Waals surface area (Å²) in [6, 6.07) is 0. The molecule has 2 nitrogen and oxygen atoms in total. The van der Waals surface area contributed by atoms with Gasteiger partial charge in [0.2, 0.25) is 0 Å². The maximum absolute atomic E-state index is 5.46. The Kier molecular flexibility index (Phi) is 3.87. The Morgan fingerprint density at radius 1 is 1.55 bits per heavy atom. The van der Waals surface area contributed by atoms with Gasteiger partial charge >= 0.3 is 0 Å². The van der Waals surface area contributed by atoms with Crippen LogP contribution in [-0.2, 0) is 4.74 Å². The lowest BCUT2D eigenvalue weighted by atomic mass is 9.92. The molecule has 1 aliphatic heterocycles. The summed E-state index contributed by atoms with van der Waals surface area (Å²) in [5.41, 5.74) is 5.45. The Bertz CT molecular complexity index is 106. The van der Waals surface area contributed by atoms with Crippen molar-refractivity contribution < 1.29 is 4.74 Å². The van der Waals surface area contributed by atoms with Gasteiger partial charge in [0.25, 0.3) is 0 Å². The van der Waals surface area contributed by atoms with Gasteiger partial charge < -0.3 is 10.5 Å². The second kappa shape index (κ2) is 4.73. The van der Waals surface area contributed by atoms with Gasteiger partial charge in [0.15, 0.2) is 0 Å². The summed E-state index contributed by atoms with van der Waals surface area (Å²) in [6.07, 6.45) is 5.43. The van der Waals surface area contributed by atoms with Gasteiger partial charge in [-0.2, -0.15) is 0 Å². The fraction of sp³-hybridized carbons (Fsp3) is 1.00. The van der Waals surface area contributed by atoms with E-state index < -0.39 is 0 Å². The zero-order valence-electron chi connectivity index (χ0n) is 7.38. The van der Waals surface area contributed by atoms with Crippen LogP contribution in [0.5, 0.6) is 0 Å². The highest BCUT2D eigenvalue weighted by molar-refractivity contribution is 4.68. The Morgan fingerprint density at radius 2 is 2.36 bits per heavy atom. The van der Waals surface area contributed by atoms with Crippen molar-refractivity contribution in [2.75, 3.05) is 13.2 Å². The van der Waals surface area contributed by atoms with Crippen LogP contribution < -0.4 is 5.73 Å². The lowest BCUT2D eigenvalue weighted by Crippen LogP contribution is -2.23. The second-order valence-electron chi connectivity index (χ2n) is 3.50. The molecule has 2 heteroatoms. The Balaban J connectivity index is 2.12. The van der Waals surface area contributed by atoms with Crippen LogP contribution in [0.1, 0.15) is 32.6 Å². The molecule has 2 N–H and O–H groups in total. The van der Waals surface area contributed by atoms with Crippen LogP contribution in [0.25, 0.3) is 0 Å². The third-order valence-electron chi connectivity index (χ3n) is 2.41. The van der Waals surface area contributed by atoms with Crippen molar-refractivity contribution in [3.05, 3.63) is 0 Å². The SMILES string of the molecule is CC1CC(CCCN)CCO1. The Labute approximate surface area is 69.1 Å². The third-order valence-corrected chi connectivity index (χ3v) is 2.41. The minimum absolute atomic E-state index is 0.478. The van der Waals surface area contributed by atoms with E-state index in [4.69, 9.17) is 10.5 Å². The Hall–Kier alpha value is -0.0800. The van der Waals surface area contributed by atoms with E-state index in [0.29, 0.717) is 6.10 Å². The quantitative estimate of drug-likeness (QED) is 0.674. The maximum Gasteiger partial charge on any atom is 0.0549 e. The maximum atomic E-state index is 5.46. The van der Waals surface area contributed by atoms with Crippen molar-refractivity contribution >= 4 is 0 Å². The second-order valence-corrected chi connectivity index (χ2v) is 3.50. The molecule has 1 heterocycles. The van der Waals surface area contributed by atoms with Crippen LogP contribution in [0.4, 0.5) is 0 Å². The molecule has 1 rings (SSSR count). The average molecular weight is 157 g/mol. The van der Waals surface area contributed by atoms with Gasteiger partial charge in [0.05, 0.1) is 6.10 Å². The van der Waals surface area contributed by atoms with E-state index in [1.165, 1.54) is 25.7 Å². The highest BCUT2D eigenvalue weighted by Crippen LogP contribution is 2.23. The van der Waals surface area contributed by atoms with Crippen LogP contribution in [0.3, 0.4) is 0 Å². The molecule has 2 unspecified atom stereocenters. The molecular weight excluding hydrogens is 138 g/mol. The van der Waals surface area contributed by atoms with Gasteiger partial charge in [0.1, 0.15) is 0 Å². The number of hydrogen-bond acceptors (Lipinski definition) is 2. The van der Waals surface area contributed by atoms with Crippen molar-refractivity contribution in [2.45, 2.75) is 38.7 Å². The summed E-state index contributed by atoms with van der Waals surface area (Å²) in [7, 11) is 0. The van der Waals surface area contributed by atoms with Gasteiger partial charge in [-0.1, -0.05) is 0 Å². The van der Waals surface area contributed by atoms with Crippen molar-refractivity contribution in [2.24, 2.45) is 11.7 Å². The fourth-order valence-electron chi connectivity index (χ4n) is 1.76. The molecule has 0 aromatic rings. The average Bonchev–Trinajstić information content (AvgIpc) is 2.01. The zero-order chi connectivity index (χ0) is 8.10. The molecule has 0 saturated carbocycles. The molecule has 0 amide bonds. The first kappa shape index (κ1) is 9.01. The van der Waals surface area contributed by atoms with Gasteiger partial charge in [0, 0.05) is 6.61 Å². The summed E-state index contributed by atoms with van der Waals surface area (Å²) in [5, 5.41) is 0. The number of ether oxygens (including phenoxy) is 1. The van der Waals surface area contributed by atoms with Crippen LogP contribution in [0.2, 0.25) is 0 Å². The summed E-state index contributed by atoms with van der Waals surface area (Å²) in [5.74, 6) is 0.877. The third kappa shape index (κ3) is 3.21. The molecule has 0 aliphatic carbocycles. The molecule has 66 valence electrons. The van der Waals surface area contributed by atoms with Crippen molar-refractivity contribution in [3.8, 4) is 0 Å². The van der Waals surface area contributed by atoms with Gasteiger partial charge in [-0.15, -0.1) is 0 Å². The van der Waals surface area contributed by atoms with E-state index >= 15 is 0 Å². The number of nitrogens with two attached hydrogens (primary N) is 1. The molecule has 0 aromatic carbocycles. The van der Waals surface area contributed by atoms with Crippen LogP contribution in [0, 0.1) is 5.92 Å². The van der Waals surface area contributed by atoms with Crippen molar-refractivity contribution in [3.63, 3.8) is 0 Å². The topological polar surface area (TPSA) is 35.2 Å². The first-order valence-corrected chi connectivity index (χ1v) is 4.64. The van der Waals surface area contributed by atoms with E-state index in [2.05, 4.69) is 6.92 Å². The molecule has 11 heavy (non-hydrogen) atoms. The highest BCUT2D eigenvalue weighted by atomic mass is 16.5. The summed E-state index contributed by atoms with van der Waals surface area (Å²) in [6.45, 7) is 3.96. The fourth-order valence-corrected chi connectivity index (χ4v) is 1.76. The van der Waals surface area contributed by atoms with E-state index in [0.717, 1.165) is 19.1 Å². The van der Waals surface area contributed by atoms with Crippen LogP contribution in [-0.4, -0.2) is 19.3 Å². The summed E-state index contributed by atoms with van der Waals surface area (Å²) in [4.78, 5) is 0. The highest BCUT2D eigenvalue weighted by Gasteiger charge is 2.18. The molecule has 1 aliphatic rings. The van der Waals surface area contributed by atoms with Gasteiger partial charge in [-0.3, -0.25) is 0 Å². The molecule has 0 bridgehead atoms. The summed E-state index contributed by atoms with van der Waals surface area (Å²) < 4.78 is 5.46. The van der Waals surface area contributed by atoms with E-state index in [1.807, 2.05) is 0 Å². The lowest BCUT2D eigenvalue weighted by molar-refractivity contribution is 0.000628. The molecular formula is C9H19NO. The van der Waals surface area contributed by atoms with Gasteiger partial charge in [-0.05, 0) is 45.1 Å². The van der Waals surface area contributed by atoms with E-state index in [9.17, 15) is 0 Å². The Morgan fingerprint density at radius 3 is 3.00 bits per heavy atom. The van der Waals surface area contributed by atoms with Crippen molar-refractivity contribution in [1.29, 1.82) is 0 Å². The zero-order valence-corrected chi connectivity index (χ0v) is 7.38. The molecule has 2 atom stereocenters. The van der Waals surface area contributed by atoms with E-state index in [1.54, 1.807) is 0 Å². The molecule has 1 fully saturated rings. The predicted molar refractivity (Wildman–Crippen MR) is 46.4 cm³/mol. The lowest BCUT2D eigenvalue weighted by Gasteiger charge is -2.26. The smallest absolute Gasteiger partial charge is 0.0549 e. The van der Waals surface area contributed by atoms with Crippen LogP contribution >= 0.6 is 0 Å². The first-order valence-electron chi connectivity index (χ1n) is 4.64. The largest absolute Gasteiger partial charge is 0.378 e. The standard InChI is InChI=1S/C9H19NO/c1-8-7-9(3-2-5-10)4-6-11-8/h8-9H,2-7,10H2,1H3. The van der Waals surface area contributed by atoms with E-state index in [-0.39, 0.29) is 0 Å². The molecule has 0 spiro atoms. The minimum atomic E-state index is 0.478. The minimum Gasteiger partial charge on any atom is -0.378 e. The molecule has 0 aromatic heterocycles. The molecule has 0 radical (unpaired) electrons. The molecule has 1 saturated heterocycles. The summed E-state index contributed by atoms with van der Waals surface area (Å²) >= 11 is 0. The van der Waals surface area contributed by atoms with Crippen molar-refractivity contribution in [1.82, 2.24) is 0 Å². The first-order chi connectivity index (χ1) is 5.33. The van der Waals surface area contributed by atoms with Gasteiger partial charge in [-0.25, -0.2) is 0 Å². The monoisotopic (exact) mass is 157 g/mol. The number of rotatable bonds is 3. The normalized spacial score (nSPS) is 32.2. The number of hydrogen-bond donors (Lipinski definition) is 1.